The molecular weight excluding hydrogens is 340 g/mol. The maximum atomic E-state index is 12.4. The van der Waals surface area contributed by atoms with Crippen LogP contribution < -0.4 is 0 Å². The average Bonchev–Trinajstić information content (AvgIpc) is 2.68. The number of amides is 1. The summed E-state index contributed by atoms with van der Waals surface area (Å²) in [4.78, 5) is 14.1. The minimum atomic E-state index is -0.0631. The summed E-state index contributed by atoms with van der Waals surface area (Å²) in [6, 6.07) is 24.0. The highest BCUT2D eigenvalue weighted by molar-refractivity contribution is 8.06. The Morgan fingerprint density at radius 3 is 2.42 bits per heavy atom. The van der Waals surface area contributed by atoms with Crippen molar-refractivity contribution < 1.29 is 4.79 Å². The summed E-state index contributed by atoms with van der Waals surface area (Å²) >= 11 is 1.02. The van der Waals surface area contributed by atoms with Crippen LogP contribution >= 0.6 is 11.8 Å². The summed E-state index contributed by atoms with van der Waals surface area (Å²) in [6.45, 7) is 2.01. The second kappa shape index (κ2) is 8.37. The van der Waals surface area contributed by atoms with Crippen molar-refractivity contribution in [3.8, 4) is 5.40 Å². The molecule has 0 aliphatic heterocycles. The first-order chi connectivity index (χ1) is 12.7. The van der Waals surface area contributed by atoms with Crippen molar-refractivity contribution in [2.45, 2.75) is 13.5 Å². The van der Waals surface area contributed by atoms with Gasteiger partial charge in [-0.25, -0.2) is 0 Å². The number of nitrogens with zero attached hydrogens (tertiary/aromatic N) is 2. The summed E-state index contributed by atoms with van der Waals surface area (Å²) < 4.78 is 0. The Labute approximate surface area is 157 Å². The van der Waals surface area contributed by atoms with E-state index in [4.69, 9.17) is 5.26 Å². The zero-order valence-electron chi connectivity index (χ0n) is 14.4. The van der Waals surface area contributed by atoms with Crippen molar-refractivity contribution in [1.29, 1.82) is 5.26 Å². The second-order valence-electron chi connectivity index (χ2n) is 5.86. The van der Waals surface area contributed by atoms with Gasteiger partial charge in [0.1, 0.15) is 5.40 Å². The molecule has 3 aromatic rings. The first kappa shape index (κ1) is 17.8. The van der Waals surface area contributed by atoms with Crippen LogP contribution in [-0.2, 0) is 11.3 Å². The van der Waals surface area contributed by atoms with Gasteiger partial charge in [0, 0.05) is 12.3 Å². The lowest BCUT2D eigenvalue weighted by atomic mass is 10.0. The van der Waals surface area contributed by atoms with E-state index >= 15 is 0 Å². The Hall–Kier alpha value is -3.03. The zero-order valence-corrected chi connectivity index (χ0v) is 15.2. The largest absolute Gasteiger partial charge is 0.307 e. The van der Waals surface area contributed by atoms with Crippen LogP contribution in [0.3, 0.4) is 0 Å². The van der Waals surface area contributed by atoms with Crippen molar-refractivity contribution in [3.63, 3.8) is 0 Å². The lowest BCUT2D eigenvalue weighted by Crippen LogP contribution is -2.26. The van der Waals surface area contributed by atoms with Gasteiger partial charge in [0.05, 0.1) is 12.2 Å². The molecule has 0 aromatic heterocycles. The maximum Gasteiger partial charge on any atom is 0.224 e. The van der Waals surface area contributed by atoms with Crippen LogP contribution in [0.5, 0.6) is 0 Å². The highest BCUT2D eigenvalue weighted by Crippen LogP contribution is 2.27. The van der Waals surface area contributed by atoms with Crippen LogP contribution in [0.2, 0.25) is 0 Å². The summed E-state index contributed by atoms with van der Waals surface area (Å²) in [5, 5.41) is 15.1. The molecule has 3 rings (SSSR count). The van der Waals surface area contributed by atoms with Crippen LogP contribution in [0, 0.1) is 10.7 Å². The number of hydrogen-bond donors (Lipinski definition) is 0. The number of thioether (sulfide) groups is 1. The molecule has 0 fully saturated rings. The number of thiocyanates is 1. The quantitative estimate of drug-likeness (QED) is 0.574. The molecule has 0 saturated heterocycles. The van der Waals surface area contributed by atoms with Gasteiger partial charge in [-0.15, -0.1) is 0 Å². The third kappa shape index (κ3) is 4.14. The van der Waals surface area contributed by atoms with Gasteiger partial charge in [-0.05, 0) is 39.7 Å². The summed E-state index contributed by atoms with van der Waals surface area (Å²) in [5.74, 6) is -0.0631. The highest BCUT2D eigenvalue weighted by atomic mass is 32.2. The van der Waals surface area contributed by atoms with E-state index in [9.17, 15) is 4.79 Å². The van der Waals surface area contributed by atoms with Crippen molar-refractivity contribution >= 4 is 34.1 Å². The Morgan fingerprint density at radius 1 is 1.04 bits per heavy atom. The minimum absolute atomic E-state index is 0.0631. The highest BCUT2D eigenvalue weighted by Gasteiger charge is 2.17. The van der Waals surface area contributed by atoms with Crippen molar-refractivity contribution in [2.75, 3.05) is 0 Å². The Morgan fingerprint density at radius 2 is 1.73 bits per heavy atom. The van der Waals surface area contributed by atoms with E-state index in [1.54, 1.807) is 17.2 Å². The second-order valence-corrected chi connectivity index (χ2v) is 6.52. The van der Waals surface area contributed by atoms with E-state index in [0.717, 1.165) is 39.4 Å². The third-order valence-corrected chi connectivity index (χ3v) is 4.57. The Balaban J connectivity index is 2.04. The smallest absolute Gasteiger partial charge is 0.224 e. The molecule has 128 valence electrons. The fourth-order valence-electron chi connectivity index (χ4n) is 2.85. The van der Waals surface area contributed by atoms with E-state index in [1.807, 2.05) is 60.7 Å². The van der Waals surface area contributed by atoms with E-state index in [2.05, 4.69) is 17.5 Å². The van der Waals surface area contributed by atoms with E-state index in [1.165, 1.54) is 0 Å². The molecule has 0 atom stereocenters. The lowest BCUT2D eigenvalue weighted by Gasteiger charge is -2.25. The van der Waals surface area contributed by atoms with Gasteiger partial charge in [0.2, 0.25) is 5.91 Å². The minimum Gasteiger partial charge on any atom is -0.307 e. The SMILES string of the molecule is CC(=O)N(Cc1ccccc1)/C(=C/SC#N)c1ccc2ccccc2c1. The zero-order chi connectivity index (χ0) is 18.4. The topological polar surface area (TPSA) is 44.1 Å². The van der Waals surface area contributed by atoms with E-state index in [-0.39, 0.29) is 5.91 Å². The molecule has 0 aliphatic carbocycles. The van der Waals surface area contributed by atoms with Crippen LogP contribution in [0.25, 0.3) is 16.5 Å². The fourth-order valence-corrected chi connectivity index (χ4v) is 3.28. The molecule has 0 heterocycles. The number of nitriles is 1. The first-order valence-corrected chi connectivity index (χ1v) is 9.13. The predicted octanol–water partition coefficient (Wildman–Crippen LogP) is 5.40. The monoisotopic (exact) mass is 358 g/mol. The molecule has 0 spiro atoms. The standard InChI is InChI=1S/C22H18N2OS/c1-17(25)24(14-18-7-3-2-4-8-18)22(15-26-16-23)21-12-11-19-9-5-6-10-20(19)13-21/h2-13,15H,14H2,1H3/b22-15+. The molecule has 0 aliphatic rings. The molecule has 0 saturated carbocycles. The van der Waals surface area contributed by atoms with Gasteiger partial charge in [-0.2, -0.15) is 5.26 Å². The number of rotatable bonds is 5. The van der Waals surface area contributed by atoms with Crippen LogP contribution in [0.15, 0.2) is 78.2 Å². The van der Waals surface area contributed by atoms with Gasteiger partial charge in [0.15, 0.2) is 0 Å². The molecule has 26 heavy (non-hydrogen) atoms. The Bertz CT molecular complexity index is 990. The molecular formula is C22H18N2OS. The molecule has 0 unspecified atom stereocenters. The lowest BCUT2D eigenvalue weighted by molar-refractivity contribution is -0.126. The van der Waals surface area contributed by atoms with Crippen molar-refractivity contribution in [1.82, 2.24) is 4.90 Å². The summed E-state index contributed by atoms with van der Waals surface area (Å²) in [7, 11) is 0. The van der Waals surface area contributed by atoms with Gasteiger partial charge in [-0.3, -0.25) is 4.79 Å². The number of carbonyl (C=O) groups is 1. The number of fused-ring (bicyclic) bond motifs is 1. The molecule has 1 amide bonds. The molecule has 3 nitrogen and oxygen atoms in total. The maximum absolute atomic E-state index is 12.4. The van der Waals surface area contributed by atoms with Crippen LogP contribution in [0.1, 0.15) is 18.1 Å². The summed E-state index contributed by atoms with van der Waals surface area (Å²) in [5.41, 5.74) is 2.69. The molecule has 0 bridgehead atoms. The van der Waals surface area contributed by atoms with Gasteiger partial charge < -0.3 is 4.90 Å². The number of carbonyl (C=O) groups excluding carboxylic acids is 1. The number of hydrogen-bond acceptors (Lipinski definition) is 3. The van der Waals surface area contributed by atoms with Gasteiger partial charge >= 0.3 is 0 Å². The molecule has 4 heteroatoms. The molecule has 3 aromatic carbocycles. The third-order valence-electron chi connectivity index (χ3n) is 4.12. The normalized spacial score (nSPS) is 11.2. The van der Waals surface area contributed by atoms with Crippen molar-refractivity contribution in [3.05, 3.63) is 89.3 Å². The Kier molecular flexibility index (Phi) is 5.73. The first-order valence-electron chi connectivity index (χ1n) is 8.25. The average molecular weight is 358 g/mol. The predicted molar refractivity (Wildman–Crippen MR) is 108 cm³/mol. The van der Waals surface area contributed by atoms with Crippen LogP contribution in [-0.4, -0.2) is 10.8 Å². The summed E-state index contributed by atoms with van der Waals surface area (Å²) in [6.07, 6.45) is 0. The van der Waals surface area contributed by atoms with Gasteiger partial charge in [0.25, 0.3) is 0 Å². The van der Waals surface area contributed by atoms with Crippen LogP contribution in [0.4, 0.5) is 0 Å². The van der Waals surface area contributed by atoms with Crippen molar-refractivity contribution in [2.24, 2.45) is 0 Å². The molecule has 0 N–H and O–H groups in total. The van der Waals surface area contributed by atoms with Gasteiger partial charge in [-0.1, -0.05) is 66.7 Å². The number of benzene rings is 3. The molecule has 0 radical (unpaired) electrons. The van der Waals surface area contributed by atoms with E-state index < -0.39 is 0 Å². The fraction of sp³-hybridized carbons (Fsp3) is 0.0909. The van der Waals surface area contributed by atoms with E-state index in [0.29, 0.717) is 6.54 Å².